The molecule has 0 radical (unpaired) electrons. The first-order chi connectivity index (χ1) is 11.1. The lowest BCUT2D eigenvalue weighted by atomic mass is 10.1. The van der Waals surface area contributed by atoms with Gasteiger partial charge in [0.1, 0.15) is 18.2 Å². The summed E-state index contributed by atoms with van der Waals surface area (Å²) >= 11 is 1.40. The van der Waals surface area contributed by atoms with Gasteiger partial charge in [-0.25, -0.2) is 18.4 Å². The van der Waals surface area contributed by atoms with Crippen molar-refractivity contribution >= 4 is 29.0 Å². The Kier molecular flexibility index (Phi) is 4.24. The minimum Gasteiger partial charge on any atom is -0.456 e. The zero-order chi connectivity index (χ0) is 16.4. The van der Waals surface area contributed by atoms with Gasteiger partial charge < -0.3 is 10.1 Å². The number of amides is 2. The van der Waals surface area contributed by atoms with Crippen molar-refractivity contribution in [2.24, 2.45) is 0 Å². The summed E-state index contributed by atoms with van der Waals surface area (Å²) in [4.78, 5) is 25.6. The topological polar surface area (TPSA) is 58.6 Å². The Balaban J connectivity index is 1.83. The van der Waals surface area contributed by atoms with Crippen LogP contribution in [0.4, 0.5) is 19.3 Å². The van der Waals surface area contributed by atoms with Gasteiger partial charge in [0.15, 0.2) is 0 Å². The van der Waals surface area contributed by atoms with Crippen LogP contribution >= 0.6 is 11.3 Å². The minimum atomic E-state index is -1.03. The highest BCUT2D eigenvalue weighted by atomic mass is 32.1. The van der Waals surface area contributed by atoms with Crippen molar-refractivity contribution in [2.45, 2.75) is 6.61 Å². The lowest BCUT2D eigenvalue weighted by Crippen LogP contribution is -2.29. The average molecular weight is 338 g/mol. The molecule has 23 heavy (non-hydrogen) atoms. The largest absolute Gasteiger partial charge is 0.456 e. The molecule has 5 nitrogen and oxygen atoms in total. The van der Waals surface area contributed by atoms with Crippen LogP contribution in [-0.2, 0) is 11.3 Å². The molecule has 0 unspecified atom stereocenters. The first-order valence-electron chi connectivity index (χ1n) is 6.80. The maximum atomic E-state index is 13.9. The maximum absolute atomic E-state index is 13.9. The van der Waals surface area contributed by atoms with Crippen LogP contribution in [-0.4, -0.2) is 25.1 Å². The number of esters is 1. The summed E-state index contributed by atoms with van der Waals surface area (Å²) in [6.45, 7) is 0.603. The predicted molar refractivity (Wildman–Crippen MR) is 80.5 cm³/mol. The summed E-state index contributed by atoms with van der Waals surface area (Å²) in [5.74, 6) is -2.84. The SMILES string of the molecule is O=C(OCc1cccs1)c1cc(N2CCNC2=O)c(F)cc1F. The summed E-state index contributed by atoms with van der Waals surface area (Å²) in [6, 6.07) is 4.68. The number of carbonyl (C=O) groups excluding carboxylic acids is 2. The number of anilines is 1. The van der Waals surface area contributed by atoms with E-state index >= 15 is 0 Å². The molecule has 3 rings (SSSR count). The normalized spacial score (nSPS) is 14.0. The first kappa shape index (κ1) is 15.4. The van der Waals surface area contributed by atoms with Crippen LogP contribution in [0, 0.1) is 11.6 Å². The van der Waals surface area contributed by atoms with Crippen molar-refractivity contribution in [2.75, 3.05) is 18.0 Å². The number of nitrogens with zero attached hydrogens (tertiary/aromatic N) is 1. The number of benzene rings is 1. The van der Waals surface area contributed by atoms with E-state index in [0.717, 1.165) is 15.8 Å². The zero-order valence-electron chi connectivity index (χ0n) is 11.8. The fourth-order valence-corrected chi connectivity index (χ4v) is 2.83. The fraction of sp³-hybridized carbons (Fsp3) is 0.200. The Morgan fingerprint density at radius 2 is 2.17 bits per heavy atom. The van der Waals surface area contributed by atoms with Crippen molar-refractivity contribution < 1.29 is 23.1 Å². The molecule has 8 heteroatoms. The van der Waals surface area contributed by atoms with Crippen LogP contribution in [0.15, 0.2) is 29.6 Å². The van der Waals surface area contributed by atoms with Gasteiger partial charge in [-0.2, -0.15) is 0 Å². The molecule has 1 aliphatic heterocycles. The molecule has 1 saturated heterocycles. The molecule has 0 atom stereocenters. The average Bonchev–Trinajstić information content (AvgIpc) is 3.17. The third-order valence-corrected chi connectivity index (χ3v) is 4.18. The molecule has 2 heterocycles. The predicted octanol–water partition coefficient (Wildman–Crippen LogP) is 2.91. The lowest BCUT2D eigenvalue weighted by Gasteiger charge is -2.16. The summed E-state index contributed by atoms with van der Waals surface area (Å²) in [5, 5.41) is 4.34. The number of nitrogens with one attached hydrogen (secondary N) is 1. The van der Waals surface area contributed by atoms with Gasteiger partial charge in [0.25, 0.3) is 0 Å². The van der Waals surface area contributed by atoms with E-state index in [1.54, 1.807) is 12.1 Å². The number of halogens is 2. The Morgan fingerprint density at radius 1 is 1.35 bits per heavy atom. The third kappa shape index (κ3) is 3.16. The van der Waals surface area contributed by atoms with E-state index in [0.29, 0.717) is 12.6 Å². The molecule has 1 aromatic carbocycles. The van der Waals surface area contributed by atoms with E-state index in [1.807, 2.05) is 5.38 Å². The molecule has 120 valence electrons. The van der Waals surface area contributed by atoms with Gasteiger partial charge in [-0.05, 0) is 17.5 Å². The molecule has 0 bridgehead atoms. The van der Waals surface area contributed by atoms with Crippen molar-refractivity contribution in [3.8, 4) is 0 Å². The van der Waals surface area contributed by atoms with Gasteiger partial charge in [0, 0.05) is 24.0 Å². The summed E-state index contributed by atoms with van der Waals surface area (Å²) < 4.78 is 32.8. The first-order valence-corrected chi connectivity index (χ1v) is 7.68. The minimum absolute atomic E-state index is 0.00680. The van der Waals surface area contributed by atoms with Gasteiger partial charge >= 0.3 is 12.0 Å². The highest BCUT2D eigenvalue weighted by Gasteiger charge is 2.27. The Hall–Kier alpha value is -2.48. The number of thiophene rings is 1. The van der Waals surface area contributed by atoms with Crippen LogP contribution in [0.1, 0.15) is 15.2 Å². The molecule has 0 spiro atoms. The maximum Gasteiger partial charge on any atom is 0.341 e. The summed E-state index contributed by atoms with van der Waals surface area (Å²) in [6.07, 6.45) is 0. The van der Waals surface area contributed by atoms with Gasteiger partial charge in [-0.3, -0.25) is 4.90 Å². The molecular formula is C15H12F2N2O3S. The second kappa shape index (κ2) is 6.33. The van der Waals surface area contributed by atoms with Gasteiger partial charge in [0.05, 0.1) is 11.3 Å². The van der Waals surface area contributed by atoms with Crippen LogP contribution in [0.25, 0.3) is 0 Å². The quantitative estimate of drug-likeness (QED) is 0.872. The number of rotatable bonds is 4. The molecule has 1 aromatic heterocycles. The molecule has 0 aliphatic carbocycles. The highest BCUT2D eigenvalue weighted by Crippen LogP contribution is 2.25. The van der Waals surface area contributed by atoms with Gasteiger partial charge in [-0.1, -0.05) is 6.07 Å². The molecule has 1 fully saturated rings. The molecular weight excluding hydrogens is 326 g/mol. The van der Waals surface area contributed by atoms with E-state index < -0.39 is 29.2 Å². The molecule has 1 aliphatic rings. The Bertz CT molecular complexity index is 749. The van der Waals surface area contributed by atoms with Crippen LogP contribution < -0.4 is 10.2 Å². The molecule has 0 saturated carbocycles. The Labute approximate surface area is 134 Å². The Morgan fingerprint density at radius 3 is 2.83 bits per heavy atom. The summed E-state index contributed by atoms with van der Waals surface area (Å²) in [7, 11) is 0. The van der Waals surface area contributed by atoms with E-state index in [1.165, 1.54) is 11.3 Å². The molecule has 2 amide bonds. The van der Waals surface area contributed by atoms with Crippen LogP contribution in [0.3, 0.4) is 0 Å². The second-order valence-corrected chi connectivity index (χ2v) is 5.85. The summed E-state index contributed by atoms with van der Waals surface area (Å²) in [5.41, 5.74) is -0.554. The number of hydrogen-bond acceptors (Lipinski definition) is 4. The van der Waals surface area contributed by atoms with Crippen molar-refractivity contribution in [1.29, 1.82) is 0 Å². The van der Waals surface area contributed by atoms with E-state index in [2.05, 4.69) is 5.32 Å². The lowest BCUT2D eigenvalue weighted by molar-refractivity contribution is 0.0471. The van der Waals surface area contributed by atoms with Crippen molar-refractivity contribution in [1.82, 2.24) is 5.32 Å². The zero-order valence-corrected chi connectivity index (χ0v) is 12.7. The van der Waals surface area contributed by atoms with Crippen LogP contribution in [0.5, 0.6) is 0 Å². The number of urea groups is 1. The van der Waals surface area contributed by atoms with E-state index in [-0.39, 0.29) is 18.8 Å². The second-order valence-electron chi connectivity index (χ2n) is 4.82. The monoisotopic (exact) mass is 338 g/mol. The fourth-order valence-electron chi connectivity index (χ4n) is 2.21. The standard InChI is InChI=1S/C15H12F2N2O3S/c16-11-7-12(17)13(19-4-3-18-15(19)21)6-10(11)14(20)22-8-9-2-1-5-23-9/h1-2,5-7H,3-4,8H2,(H,18,21). The number of carbonyl (C=O) groups is 2. The van der Waals surface area contributed by atoms with Crippen molar-refractivity contribution in [3.63, 3.8) is 0 Å². The van der Waals surface area contributed by atoms with Crippen LogP contribution in [0.2, 0.25) is 0 Å². The van der Waals surface area contributed by atoms with E-state index in [9.17, 15) is 18.4 Å². The number of ether oxygens (including phenoxy) is 1. The molecule has 2 aromatic rings. The smallest absolute Gasteiger partial charge is 0.341 e. The van der Waals surface area contributed by atoms with Crippen molar-refractivity contribution in [3.05, 3.63) is 51.7 Å². The van der Waals surface area contributed by atoms with Gasteiger partial charge in [0.2, 0.25) is 0 Å². The number of hydrogen-bond donors (Lipinski definition) is 1. The van der Waals surface area contributed by atoms with Gasteiger partial charge in [-0.15, -0.1) is 11.3 Å². The highest BCUT2D eigenvalue weighted by molar-refractivity contribution is 7.09. The third-order valence-electron chi connectivity index (χ3n) is 3.33. The van der Waals surface area contributed by atoms with E-state index in [4.69, 9.17) is 4.74 Å². The molecule has 1 N–H and O–H groups in total.